The van der Waals surface area contributed by atoms with Crippen LogP contribution in [0.3, 0.4) is 0 Å². The van der Waals surface area contributed by atoms with Crippen LogP contribution in [0.5, 0.6) is 5.75 Å². The predicted octanol–water partition coefficient (Wildman–Crippen LogP) is 1.48. The fourth-order valence-electron chi connectivity index (χ4n) is 1.90. The number of hydrogen-bond acceptors (Lipinski definition) is 3. The highest BCUT2D eigenvalue weighted by Crippen LogP contribution is 2.28. The summed E-state index contributed by atoms with van der Waals surface area (Å²) in [5, 5.41) is 0. The summed E-state index contributed by atoms with van der Waals surface area (Å²) in [5.41, 5.74) is 0. The van der Waals surface area contributed by atoms with Gasteiger partial charge in [0.1, 0.15) is 10.6 Å². The molecule has 16 heavy (non-hydrogen) atoms. The summed E-state index contributed by atoms with van der Waals surface area (Å²) in [6.07, 6.45) is 1.88. The minimum atomic E-state index is -3.37. The molecule has 1 saturated heterocycles. The molecule has 0 saturated carbocycles. The zero-order chi connectivity index (χ0) is 11.6. The van der Waals surface area contributed by atoms with E-state index in [4.69, 9.17) is 4.74 Å². The molecule has 1 aliphatic rings. The SMILES string of the molecule is COc1ccccc1S(=O)(=O)N1CCCC1. The van der Waals surface area contributed by atoms with Crippen LogP contribution in [0.2, 0.25) is 0 Å². The van der Waals surface area contributed by atoms with E-state index in [0.717, 1.165) is 12.8 Å². The van der Waals surface area contributed by atoms with Crippen LogP contribution in [-0.2, 0) is 10.0 Å². The van der Waals surface area contributed by atoms with Crippen LogP contribution in [0.1, 0.15) is 12.8 Å². The Hall–Kier alpha value is -1.07. The third kappa shape index (κ3) is 1.92. The fourth-order valence-corrected chi connectivity index (χ4v) is 3.57. The Morgan fingerprint density at radius 3 is 2.44 bits per heavy atom. The van der Waals surface area contributed by atoms with Crippen molar-refractivity contribution in [2.45, 2.75) is 17.7 Å². The highest BCUT2D eigenvalue weighted by Gasteiger charge is 2.29. The minimum absolute atomic E-state index is 0.263. The van der Waals surface area contributed by atoms with E-state index < -0.39 is 10.0 Å². The lowest BCUT2D eigenvalue weighted by atomic mass is 10.3. The van der Waals surface area contributed by atoms with E-state index in [1.54, 1.807) is 24.3 Å². The van der Waals surface area contributed by atoms with Crippen molar-refractivity contribution >= 4 is 10.0 Å². The lowest BCUT2D eigenvalue weighted by Crippen LogP contribution is -2.28. The Labute approximate surface area is 95.9 Å². The van der Waals surface area contributed by atoms with Gasteiger partial charge >= 0.3 is 0 Å². The first kappa shape index (κ1) is 11.4. The van der Waals surface area contributed by atoms with Gasteiger partial charge in [-0.3, -0.25) is 0 Å². The van der Waals surface area contributed by atoms with Crippen molar-refractivity contribution in [1.29, 1.82) is 0 Å². The number of hydrogen-bond donors (Lipinski definition) is 0. The quantitative estimate of drug-likeness (QED) is 0.805. The molecule has 1 heterocycles. The van der Waals surface area contributed by atoms with E-state index in [9.17, 15) is 8.42 Å². The summed E-state index contributed by atoms with van der Waals surface area (Å²) in [4.78, 5) is 0.263. The summed E-state index contributed by atoms with van der Waals surface area (Å²) in [6.45, 7) is 1.22. The average molecular weight is 241 g/mol. The summed E-state index contributed by atoms with van der Waals surface area (Å²) in [5.74, 6) is 0.411. The summed E-state index contributed by atoms with van der Waals surface area (Å²) >= 11 is 0. The Kier molecular flexibility index (Phi) is 3.16. The van der Waals surface area contributed by atoms with Gasteiger partial charge in [-0.1, -0.05) is 12.1 Å². The van der Waals surface area contributed by atoms with Gasteiger partial charge in [0.05, 0.1) is 7.11 Å². The average Bonchev–Trinajstić information content (AvgIpc) is 2.83. The van der Waals surface area contributed by atoms with Crippen LogP contribution in [0.25, 0.3) is 0 Å². The van der Waals surface area contributed by atoms with E-state index in [1.165, 1.54) is 11.4 Å². The number of methoxy groups -OCH3 is 1. The Bertz CT molecular complexity index is 464. The zero-order valence-corrected chi connectivity index (χ0v) is 10.0. The van der Waals surface area contributed by atoms with Gasteiger partial charge in [-0.15, -0.1) is 0 Å². The minimum Gasteiger partial charge on any atom is -0.495 e. The summed E-state index contributed by atoms with van der Waals surface area (Å²) < 4.78 is 31.1. The zero-order valence-electron chi connectivity index (χ0n) is 9.22. The number of nitrogens with zero attached hydrogens (tertiary/aromatic N) is 1. The Balaban J connectivity index is 2.42. The molecule has 0 spiro atoms. The molecule has 0 bridgehead atoms. The Morgan fingerprint density at radius 1 is 1.19 bits per heavy atom. The highest BCUT2D eigenvalue weighted by molar-refractivity contribution is 7.89. The van der Waals surface area contributed by atoms with E-state index in [0.29, 0.717) is 18.8 Å². The van der Waals surface area contributed by atoms with Crippen LogP contribution in [0.4, 0.5) is 0 Å². The van der Waals surface area contributed by atoms with Crippen molar-refractivity contribution in [3.63, 3.8) is 0 Å². The number of ether oxygens (including phenoxy) is 1. The molecule has 0 atom stereocenters. The molecule has 2 rings (SSSR count). The third-order valence-corrected chi connectivity index (χ3v) is 4.69. The van der Waals surface area contributed by atoms with Crippen LogP contribution in [0, 0.1) is 0 Å². The molecule has 0 amide bonds. The molecule has 0 unspecified atom stereocenters. The molecule has 1 aliphatic heterocycles. The van der Waals surface area contributed by atoms with Crippen LogP contribution >= 0.6 is 0 Å². The van der Waals surface area contributed by atoms with Gasteiger partial charge < -0.3 is 4.74 Å². The number of benzene rings is 1. The van der Waals surface area contributed by atoms with Gasteiger partial charge in [-0.2, -0.15) is 4.31 Å². The van der Waals surface area contributed by atoms with Crippen molar-refractivity contribution in [1.82, 2.24) is 4.31 Å². The van der Waals surface area contributed by atoms with Crippen LogP contribution < -0.4 is 4.74 Å². The first-order chi connectivity index (χ1) is 7.66. The number of sulfonamides is 1. The van der Waals surface area contributed by atoms with Crippen molar-refractivity contribution in [2.75, 3.05) is 20.2 Å². The van der Waals surface area contributed by atoms with Crippen LogP contribution in [-0.4, -0.2) is 32.9 Å². The standard InChI is InChI=1S/C11H15NO3S/c1-15-10-6-2-3-7-11(10)16(13,14)12-8-4-5-9-12/h2-3,6-7H,4-5,8-9H2,1H3. The third-order valence-electron chi connectivity index (χ3n) is 2.75. The van der Waals surface area contributed by atoms with Crippen molar-refractivity contribution in [3.8, 4) is 5.75 Å². The molecule has 0 aliphatic carbocycles. The molecule has 1 aromatic carbocycles. The molecule has 1 aromatic rings. The normalized spacial score (nSPS) is 17.6. The van der Waals surface area contributed by atoms with Gasteiger partial charge in [0, 0.05) is 13.1 Å². The van der Waals surface area contributed by atoms with Gasteiger partial charge in [0.15, 0.2) is 0 Å². The first-order valence-corrected chi connectivity index (χ1v) is 6.73. The highest BCUT2D eigenvalue weighted by atomic mass is 32.2. The predicted molar refractivity (Wildman–Crippen MR) is 61.0 cm³/mol. The molecule has 88 valence electrons. The van der Waals surface area contributed by atoms with E-state index in [-0.39, 0.29) is 4.90 Å². The largest absolute Gasteiger partial charge is 0.495 e. The molecule has 4 nitrogen and oxygen atoms in total. The molecule has 0 aromatic heterocycles. The lowest BCUT2D eigenvalue weighted by molar-refractivity contribution is 0.398. The first-order valence-electron chi connectivity index (χ1n) is 5.29. The van der Waals surface area contributed by atoms with Crippen LogP contribution in [0.15, 0.2) is 29.2 Å². The van der Waals surface area contributed by atoms with Gasteiger partial charge in [0.25, 0.3) is 0 Å². The van der Waals surface area contributed by atoms with Crippen molar-refractivity contribution in [3.05, 3.63) is 24.3 Å². The van der Waals surface area contributed by atoms with E-state index in [1.807, 2.05) is 0 Å². The Morgan fingerprint density at radius 2 is 1.81 bits per heavy atom. The lowest BCUT2D eigenvalue weighted by Gasteiger charge is -2.17. The molecule has 5 heteroatoms. The monoisotopic (exact) mass is 241 g/mol. The smallest absolute Gasteiger partial charge is 0.246 e. The molecule has 0 N–H and O–H groups in total. The summed E-state index contributed by atoms with van der Waals surface area (Å²) in [6, 6.07) is 6.74. The maximum atomic E-state index is 12.3. The second-order valence-corrected chi connectivity index (χ2v) is 5.67. The fraction of sp³-hybridized carbons (Fsp3) is 0.455. The molecular weight excluding hydrogens is 226 g/mol. The van der Waals surface area contributed by atoms with Crippen molar-refractivity contribution in [2.24, 2.45) is 0 Å². The molecule has 1 fully saturated rings. The van der Waals surface area contributed by atoms with E-state index in [2.05, 4.69) is 0 Å². The number of rotatable bonds is 3. The second-order valence-electron chi connectivity index (χ2n) is 3.76. The number of para-hydroxylation sites is 1. The van der Waals surface area contributed by atoms with Gasteiger partial charge in [-0.05, 0) is 25.0 Å². The maximum Gasteiger partial charge on any atom is 0.246 e. The molecular formula is C11H15NO3S. The molecule has 0 radical (unpaired) electrons. The van der Waals surface area contributed by atoms with Crippen molar-refractivity contribution < 1.29 is 13.2 Å². The summed E-state index contributed by atoms with van der Waals surface area (Å²) in [7, 11) is -1.89. The van der Waals surface area contributed by atoms with Gasteiger partial charge in [0.2, 0.25) is 10.0 Å². The second kappa shape index (κ2) is 4.43. The van der Waals surface area contributed by atoms with E-state index >= 15 is 0 Å². The topological polar surface area (TPSA) is 46.6 Å². The maximum absolute atomic E-state index is 12.3. The van der Waals surface area contributed by atoms with Gasteiger partial charge in [-0.25, -0.2) is 8.42 Å².